The second-order valence-corrected chi connectivity index (χ2v) is 8.77. The molecular weight excluding hydrogens is 526 g/mol. The Bertz CT molecular complexity index is 1060. The molecule has 4 rings (SSSR count). The Morgan fingerprint density at radius 3 is 2.13 bits per heavy atom. The largest absolute Gasteiger partial charge is 0.490 e. The van der Waals surface area contributed by atoms with E-state index >= 15 is 0 Å². The first-order valence-electron chi connectivity index (χ1n) is 11.4. The fourth-order valence-corrected chi connectivity index (χ4v) is 3.61. The molecule has 2 aromatic rings. The van der Waals surface area contributed by atoms with Crippen molar-refractivity contribution in [2.45, 2.75) is 51.1 Å². The molecule has 0 aromatic carbocycles. The van der Waals surface area contributed by atoms with Gasteiger partial charge < -0.3 is 14.9 Å². The molecule has 3 heterocycles. The van der Waals surface area contributed by atoms with Gasteiger partial charge in [-0.2, -0.15) is 31.4 Å². The monoisotopic (exact) mass is 554 g/mol. The standard InChI is InChI=1S/C19H26N4O.2C2HF3O2/c1-14-4-3-5-17(21-14)11-23-9-8-16-10-20-22(2)19(16)18(23)13-24-12-15-6-7-15;2*3-2(4,5)1(6)7/h3-5,10,15,18H,6-9,11-13H2,1-2H3;2*(H,6,7). The number of hydrogen-bond donors (Lipinski definition) is 2. The molecule has 9 nitrogen and oxygen atoms in total. The minimum atomic E-state index is -5.08. The van der Waals surface area contributed by atoms with E-state index in [-0.39, 0.29) is 6.04 Å². The van der Waals surface area contributed by atoms with Gasteiger partial charge in [-0.1, -0.05) is 6.07 Å². The van der Waals surface area contributed by atoms with Crippen molar-refractivity contribution in [2.24, 2.45) is 13.0 Å². The smallest absolute Gasteiger partial charge is 0.475 e. The van der Waals surface area contributed by atoms with E-state index < -0.39 is 24.3 Å². The maximum atomic E-state index is 10.6. The number of aliphatic carboxylic acids is 2. The zero-order valence-corrected chi connectivity index (χ0v) is 20.6. The van der Waals surface area contributed by atoms with Crippen molar-refractivity contribution in [1.29, 1.82) is 0 Å². The highest BCUT2D eigenvalue weighted by Crippen LogP contribution is 2.33. The highest BCUT2D eigenvalue weighted by molar-refractivity contribution is 5.73. The van der Waals surface area contributed by atoms with Crippen molar-refractivity contribution in [3.63, 3.8) is 0 Å². The lowest BCUT2D eigenvalue weighted by Crippen LogP contribution is -2.38. The lowest BCUT2D eigenvalue weighted by molar-refractivity contribution is -0.193. The predicted octanol–water partition coefficient (Wildman–Crippen LogP) is 3.92. The van der Waals surface area contributed by atoms with Crippen LogP contribution in [0.1, 0.15) is 41.5 Å². The van der Waals surface area contributed by atoms with Crippen molar-refractivity contribution in [2.75, 3.05) is 19.8 Å². The molecule has 1 aliphatic heterocycles. The van der Waals surface area contributed by atoms with Crippen molar-refractivity contribution in [3.05, 3.63) is 47.0 Å². The molecule has 0 radical (unpaired) electrons. The van der Waals surface area contributed by atoms with Gasteiger partial charge in [-0.3, -0.25) is 14.6 Å². The number of alkyl halides is 6. The average Bonchev–Trinajstić information content (AvgIpc) is 3.55. The summed E-state index contributed by atoms with van der Waals surface area (Å²) in [6, 6.07) is 6.53. The molecule has 38 heavy (non-hydrogen) atoms. The third-order valence-electron chi connectivity index (χ3n) is 5.61. The maximum Gasteiger partial charge on any atom is 0.490 e. The van der Waals surface area contributed by atoms with Crippen LogP contribution >= 0.6 is 0 Å². The van der Waals surface area contributed by atoms with Crippen LogP contribution < -0.4 is 0 Å². The van der Waals surface area contributed by atoms with E-state index in [1.165, 1.54) is 24.1 Å². The van der Waals surface area contributed by atoms with Crippen LogP contribution in [0.3, 0.4) is 0 Å². The number of carboxylic acids is 2. The Balaban J connectivity index is 0.000000301. The van der Waals surface area contributed by atoms with Crippen molar-refractivity contribution in [1.82, 2.24) is 19.7 Å². The van der Waals surface area contributed by atoms with Crippen molar-refractivity contribution >= 4 is 11.9 Å². The van der Waals surface area contributed by atoms with Crippen molar-refractivity contribution < 1.29 is 50.9 Å². The number of halogens is 6. The topological polar surface area (TPSA) is 118 Å². The van der Waals surface area contributed by atoms with E-state index in [1.807, 2.05) is 17.9 Å². The fourth-order valence-electron chi connectivity index (χ4n) is 3.61. The second kappa shape index (κ2) is 13.0. The number of aryl methyl sites for hydroxylation is 2. The second-order valence-electron chi connectivity index (χ2n) is 8.77. The summed E-state index contributed by atoms with van der Waals surface area (Å²) < 4.78 is 71.6. The quantitative estimate of drug-likeness (QED) is 0.517. The zero-order valence-electron chi connectivity index (χ0n) is 20.6. The van der Waals surface area contributed by atoms with Gasteiger partial charge in [0, 0.05) is 32.4 Å². The van der Waals surface area contributed by atoms with Crippen LogP contribution in [0.25, 0.3) is 0 Å². The highest BCUT2D eigenvalue weighted by atomic mass is 19.4. The summed E-state index contributed by atoms with van der Waals surface area (Å²) >= 11 is 0. The van der Waals surface area contributed by atoms with Gasteiger partial charge in [-0.05, 0) is 49.8 Å². The Hall–Kier alpha value is -3.20. The first kappa shape index (κ1) is 31.0. The molecule has 0 spiro atoms. The summed E-state index contributed by atoms with van der Waals surface area (Å²) in [6.45, 7) is 5.60. The summed E-state index contributed by atoms with van der Waals surface area (Å²) in [5.41, 5.74) is 4.88. The van der Waals surface area contributed by atoms with Crippen LogP contribution in [0.5, 0.6) is 0 Å². The number of aromatic nitrogens is 3. The number of carboxylic acid groups (broad SMARTS) is 2. The predicted molar refractivity (Wildman–Crippen MR) is 120 cm³/mol. The number of carbonyl (C=O) groups is 2. The molecule has 2 aromatic heterocycles. The van der Waals surface area contributed by atoms with Gasteiger partial charge in [0.25, 0.3) is 0 Å². The summed E-state index contributed by atoms with van der Waals surface area (Å²) in [7, 11) is 2.04. The van der Waals surface area contributed by atoms with E-state index in [4.69, 9.17) is 24.5 Å². The molecule has 1 atom stereocenters. The number of ether oxygens (including phenoxy) is 1. The molecule has 1 saturated carbocycles. The summed E-state index contributed by atoms with van der Waals surface area (Å²) in [5, 5.41) is 18.7. The minimum Gasteiger partial charge on any atom is -0.475 e. The lowest BCUT2D eigenvalue weighted by Gasteiger charge is -2.35. The molecule has 212 valence electrons. The van der Waals surface area contributed by atoms with Gasteiger partial charge in [0.1, 0.15) is 0 Å². The number of hydrogen-bond acceptors (Lipinski definition) is 6. The van der Waals surface area contributed by atoms with E-state index in [9.17, 15) is 26.3 Å². The van der Waals surface area contributed by atoms with Gasteiger partial charge in [-0.25, -0.2) is 9.59 Å². The zero-order chi connectivity index (χ0) is 28.7. The molecular formula is C23H28F6N4O5. The van der Waals surface area contributed by atoms with Gasteiger partial charge in [-0.15, -0.1) is 0 Å². The van der Waals surface area contributed by atoms with E-state index in [2.05, 4.69) is 40.1 Å². The van der Waals surface area contributed by atoms with Gasteiger partial charge in [0.2, 0.25) is 0 Å². The molecule has 2 aliphatic rings. The maximum absolute atomic E-state index is 10.6. The molecule has 15 heteroatoms. The summed E-state index contributed by atoms with van der Waals surface area (Å²) in [4.78, 5) is 25.0. The summed E-state index contributed by atoms with van der Waals surface area (Å²) in [5.74, 6) is -4.72. The van der Waals surface area contributed by atoms with Crippen molar-refractivity contribution in [3.8, 4) is 0 Å². The minimum absolute atomic E-state index is 0.266. The molecule has 0 amide bonds. The fraction of sp³-hybridized carbons (Fsp3) is 0.565. The molecule has 1 unspecified atom stereocenters. The molecule has 0 saturated heterocycles. The van der Waals surface area contributed by atoms with Crippen LogP contribution in [0.2, 0.25) is 0 Å². The third kappa shape index (κ3) is 9.93. The number of pyridine rings is 1. The van der Waals surface area contributed by atoms with Crippen LogP contribution in [0, 0.1) is 12.8 Å². The molecule has 0 bridgehead atoms. The Morgan fingerprint density at radius 2 is 1.63 bits per heavy atom. The van der Waals surface area contributed by atoms with Gasteiger partial charge in [0.15, 0.2) is 0 Å². The van der Waals surface area contributed by atoms with Crippen LogP contribution in [-0.4, -0.2) is 73.9 Å². The van der Waals surface area contributed by atoms with Crippen LogP contribution in [-0.2, 0) is 34.3 Å². The van der Waals surface area contributed by atoms with Crippen LogP contribution in [0.15, 0.2) is 24.4 Å². The average molecular weight is 554 g/mol. The first-order chi connectivity index (χ1) is 17.6. The van der Waals surface area contributed by atoms with Crippen LogP contribution in [0.4, 0.5) is 26.3 Å². The van der Waals surface area contributed by atoms with E-state index in [0.717, 1.165) is 50.0 Å². The molecule has 1 aliphatic carbocycles. The highest BCUT2D eigenvalue weighted by Gasteiger charge is 2.39. The molecule has 2 N–H and O–H groups in total. The number of nitrogens with zero attached hydrogens (tertiary/aromatic N) is 4. The SMILES string of the molecule is Cc1cccc(CN2CCc3cnn(C)c3C2COCC2CC2)n1.O=C(O)C(F)(F)F.O=C(O)C(F)(F)F. The number of fused-ring (bicyclic) bond motifs is 1. The van der Waals surface area contributed by atoms with E-state index in [0.29, 0.717) is 0 Å². The Kier molecular flexibility index (Phi) is 10.6. The van der Waals surface area contributed by atoms with Gasteiger partial charge >= 0.3 is 24.3 Å². The van der Waals surface area contributed by atoms with Gasteiger partial charge in [0.05, 0.1) is 30.2 Å². The third-order valence-corrected chi connectivity index (χ3v) is 5.61. The summed E-state index contributed by atoms with van der Waals surface area (Å²) in [6.07, 6.45) is -4.43. The first-order valence-corrected chi connectivity index (χ1v) is 11.4. The number of rotatable bonds is 6. The normalized spacial score (nSPS) is 17.4. The Labute approximate surface area is 214 Å². The van der Waals surface area contributed by atoms with E-state index in [1.54, 1.807) is 0 Å². The lowest BCUT2D eigenvalue weighted by atomic mass is 10.00. The molecule has 1 fully saturated rings. The Morgan fingerprint density at radius 1 is 1.05 bits per heavy atom.